The van der Waals surface area contributed by atoms with Gasteiger partial charge in [-0.25, -0.2) is 0 Å². The summed E-state index contributed by atoms with van der Waals surface area (Å²) in [5.74, 6) is 0.220. The minimum Gasteiger partial charge on any atom is -0.362 e. The fourth-order valence-electron chi connectivity index (χ4n) is 5.32. The molecule has 0 fully saturated rings. The van der Waals surface area contributed by atoms with Gasteiger partial charge in [-0.15, -0.1) is 0 Å². The molecule has 3 heterocycles. The third kappa shape index (κ3) is 2.74. The fourth-order valence-corrected chi connectivity index (χ4v) is 5.32. The van der Waals surface area contributed by atoms with Crippen LogP contribution in [0.15, 0.2) is 76.0 Å². The highest BCUT2D eigenvalue weighted by molar-refractivity contribution is 6.01. The van der Waals surface area contributed by atoms with Crippen LogP contribution >= 0.6 is 0 Å². The van der Waals surface area contributed by atoms with Crippen molar-refractivity contribution < 1.29 is 4.79 Å². The molecule has 0 radical (unpaired) electrons. The van der Waals surface area contributed by atoms with E-state index in [-0.39, 0.29) is 17.4 Å². The number of nitrogens with zero attached hydrogens (tertiary/aromatic N) is 4. The van der Waals surface area contributed by atoms with Crippen molar-refractivity contribution in [3.63, 3.8) is 0 Å². The van der Waals surface area contributed by atoms with Crippen LogP contribution in [0.4, 0.5) is 0 Å². The van der Waals surface area contributed by atoms with Crippen LogP contribution in [0.2, 0.25) is 0 Å². The zero-order valence-electron chi connectivity index (χ0n) is 17.5. The standard InChI is InChI=1S/C24H25N5O/c1-4-24(17-7-5-6-15(10-17)16-8-9-25-26-13-16)18-14-27-29-22(18)28-19-11-23(2,3)12-20(30)21(19)24/h5-10,13-14,22,28H,4,11-12H2,1-3H3. The maximum atomic E-state index is 13.5. The number of rotatable bonds is 3. The van der Waals surface area contributed by atoms with Gasteiger partial charge in [0.05, 0.1) is 24.0 Å². The Bertz CT molecular complexity index is 1120. The van der Waals surface area contributed by atoms with E-state index in [0.29, 0.717) is 6.42 Å². The predicted molar refractivity (Wildman–Crippen MR) is 114 cm³/mol. The Morgan fingerprint density at radius 1 is 1.13 bits per heavy atom. The second-order valence-electron chi connectivity index (χ2n) is 9.13. The number of fused-ring (bicyclic) bond motifs is 1. The lowest BCUT2D eigenvalue weighted by atomic mass is 9.58. The molecule has 0 bridgehead atoms. The summed E-state index contributed by atoms with van der Waals surface area (Å²) < 4.78 is 0. The van der Waals surface area contributed by atoms with Gasteiger partial charge in [0, 0.05) is 28.8 Å². The molecule has 0 saturated heterocycles. The Kier molecular flexibility index (Phi) is 4.20. The van der Waals surface area contributed by atoms with Gasteiger partial charge in [0.1, 0.15) is 0 Å². The number of azo groups is 1. The first-order valence-electron chi connectivity index (χ1n) is 10.5. The van der Waals surface area contributed by atoms with Crippen molar-refractivity contribution in [1.29, 1.82) is 0 Å². The van der Waals surface area contributed by atoms with Crippen molar-refractivity contribution in [2.45, 2.75) is 51.6 Å². The quantitative estimate of drug-likeness (QED) is 0.810. The van der Waals surface area contributed by atoms with Crippen LogP contribution in [-0.2, 0) is 10.2 Å². The molecule has 0 saturated carbocycles. The highest BCUT2D eigenvalue weighted by atomic mass is 16.1. The van der Waals surface area contributed by atoms with Gasteiger partial charge in [-0.3, -0.25) is 4.79 Å². The van der Waals surface area contributed by atoms with Crippen LogP contribution < -0.4 is 5.32 Å². The summed E-state index contributed by atoms with van der Waals surface area (Å²) in [6.45, 7) is 6.46. The van der Waals surface area contributed by atoms with Gasteiger partial charge in [0.2, 0.25) is 0 Å². The summed E-state index contributed by atoms with van der Waals surface area (Å²) in [5.41, 5.74) is 5.54. The summed E-state index contributed by atoms with van der Waals surface area (Å²) in [4.78, 5) is 13.5. The summed E-state index contributed by atoms with van der Waals surface area (Å²) in [7, 11) is 0. The van der Waals surface area contributed by atoms with E-state index < -0.39 is 5.41 Å². The lowest BCUT2D eigenvalue weighted by Crippen LogP contribution is -2.51. The van der Waals surface area contributed by atoms with Crippen LogP contribution in [0.3, 0.4) is 0 Å². The molecule has 2 unspecified atom stereocenters. The number of nitrogens with one attached hydrogen (secondary N) is 1. The van der Waals surface area contributed by atoms with Gasteiger partial charge in [0.25, 0.3) is 0 Å². The maximum Gasteiger partial charge on any atom is 0.164 e. The highest BCUT2D eigenvalue weighted by Gasteiger charge is 2.52. The molecule has 3 aliphatic rings. The van der Waals surface area contributed by atoms with E-state index in [1.54, 1.807) is 12.4 Å². The van der Waals surface area contributed by atoms with Gasteiger partial charge >= 0.3 is 0 Å². The molecule has 152 valence electrons. The number of benzene rings is 1. The lowest BCUT2D eigenvalue weighted by molar-refractivity contribution is -0.119. The van der Waals surface area contributed by atoms with Crippen molar-refractivity contribution in [1.82, 2.24) is 15.5 Å². The molecular weight excluding hydrogens is 374 g/mol. The zero-order chi connectivity index (χ0) is 20.9. The van der Waals surface area contributed by atoms with E-state index in [1.165, 1.54) is 0 Å². The van der Waals surface area contributed by atoms with Gasteiger partial charge < -0.3 is 5.32 Å². The lowest BCUT2D eigenvalue weighted by Gasteiger charge is -2.47. The molecule has 1 N–H and O–H groups in total. The molecule has 30 heavy (non-hydrogen) atoms. The Labute approximate surface area is 176 Å². The smallest absolute Gasteiger partial charge is 0.164 e. The molecule has 2 aliphatic heterocycles. The van der Waals surface area contributed by atoms with E-state index in [9.17, 15) is 4.79 Å². The number of aromatic nitrogens is 2. The number of allylic oxidation sites excluding steroid dienone is 2. The summed E-state index contributed by atoms with van der Waals surface area (Å²) in [6.07, 6.45) is 7.25. The van der Waals surface area contributed by atoms with Crippen LogP contribution in [-0.4, -0.2) is 22.1 Å². The first kappa shape index (κ1) is 18.9. The largest absolute Gasteiger partial charge is 0.362 e. The number of carbonyl (C=O) groups is 1. The van der Waals surface area contributed by atoms with E-state index in [0.717, 1.165) is 46.4 Å². The summed E-state index contributed by atoms with van der Waals surface area (Å²) in [5, 5.41) is 20.1. The second-order valence-corrected chi connectivity index (χ2v) is 9.13. The van der Waals surface area contributed by atoms with Gasteiger partial charge in [-0.2, -0.15) is 20.4 Å². The van der Waals surface area contributed by atoms with Crippen LogP contribution in [0, 0.1) is 5.41 Å². The maximum absolute atomic E-state index is 13.5. The average Bonchev–Trinajstić information content (AvgIpc) is 3.21. The van der Waals surface area contributed by atoms with Gasteiger partial charge in [-0.05, 0) is 41.5 Å². The van der Waals surface area contributed by atoms with Crippen molar-refractivity contribution in [2.75, 3.05) is 0 Å². The summed E-state index contributed by atoms with van der Waals surface area (Å²) >= 11 is 0. The molecule has 1 aromatic heterocycles. The van der Waals surface area contributed by atoms with Crippen LogP contribution in [0.1, 0.15) is 45.6 Å². The van der Waals surface area contributed by atoms with E-state index >= 15 is 0 Å². The molecule has 0 amide bonds. The average molecular weight is 399 g/mol. The number of Topliss-reactive ketones (excluding diaryl/α,β-unsaturated/α-hetero) is 1. The first-order chi connectivity index (χ1) is 14.4. The van der Waals surface area contributed by atoms with Gasteiger partial charge in [0.15, 0.2) is 11.9 Å². The van der Waals surface area contributed by atoms with E-state index in [2.05, 4.69) is 70.8 Å². The Morgan fingerprint density at radius 3 is 2.77 bits per heavy atom. The molecule has 0 spiro atoms. The molecule has 1 aromatic carbocycles. The minimum atomic E-state index is -0.529. The van der Waals surface area contributed by atoms with Crippen LogP contribution in [0.25, 0.3) is 11.1 Å². The van der Waals surface area contributed by atoms with E-state index in [1.807, 2.05) is 12.3 Å². The van der Waals surface area contributed by atoms with Crippen molar-refractivity contribution in [2.24, 2.45) is 15.6 Å². The van der Waals surface area contributed by atoms with E-state index in [4.69, 9.17) is 0 Å². The molecular formula is C24H25N5O. The Hall–Kier alpha value is -3.15. The first-order valence-corrected chi connectivity index (χ1v) is 10.5. The Balaban J connectivity index is 1.74. The molecule has 2 atom stereocenters. The number of ketones is 1. The number of carbonyl (C=O) groups excluding carboxylic acids is 1. The van der Waals surface area contributed by atoms with Crippen LogP contribution in [0.5, 0.6) is 0 Å². The molecule has 1 aliphatic carbocycles. The van der Waals surface area contributed by atoms with Gasteiger partial charge in [-0.1, -0.05) is 39.0 Å². The minimum absolute atomic E-state index is 0.0656. The van der Waals surface area contributed by atoms with Crippen molar-refractivity contribution in [3.05, 3.63) is 71.3 Å². The zero-order valence-corrected chi connectivity index (χ0v) is 17.5. The normalized spacial score (nSPS) is 26.7. The van der Waals surface area contributed by atoms with Crippen molar-refractivity contribution >= 4 is 5.78 Å². The summed E-state index contributed by atoms with van der Waals surface area (Å²) in [6, 6.07) is 10.4. The third-order valence-corrected chi connectivity index (χ3v) is 6.58. The topological polar surface area (TPSA) is 79.6 Å². The third-order valence-electron chi connectivity index (χ3n) is 6.58. The fraction of sp³-hybridized carbons (Fsp3) is 0.375. The highest BCUT2D eigenvalue weighted by Crippen LogP contribution is 2.53. The molecule has 2 aromatic rings. The predicted octanol–water partition coefficient (Wildman–Crippen LogP) is 4.71. The molecule has 6 heteroatoms. The monoisotopic (exact) mass is 399 g/mol. The molecule has 6 nitrogen and oxygen atoms in total. The number of hydrogen-bond acceptors (Lipinski definition) is 6. The van der Waals surface area contributed by atoms with Crippen molar-refractivity contribution in [3.8, 4) is 11.1 Å². The second kappa shape index (κ2) is 6.69. The Morgan fingerprint density at radius 2 is 2.00 bits per heavy atom. The number of hydrogen-bond donors (Lipinski definition) is 1. The molecule has 5 rings (SSSR count). The SMILES string of the molecule is CCC1(c2cccc(-c3ccnnc3)c2)C2=CN=NC2NC2=C1C(=O)CC(C)(C)C2.